The van der Waals surface area contributed by atoms with Gasteiger partial charge in [0.2, 0.25) is 0 Å². The Bertz CT molecular complexity index is 1550. The van der Waals surface area contributed by atoms with Crippen LogP contribution in [0.3, 0.4) is 0 Å². The highest BCUT2D eigenvalue weighted by Gasteiger charge is 2.28. The van der Waals surface area contributed by atoms with Crippen LogP contribution < -0.4 is 10.7 Å². The number of anilines is 2. The summed E-state index contributed by atoms with van der Waals surface area (Å²) in [6.07, 6.45) is 10.3. The summed E-state index contributed by atoms with van der Waals surface area (Å²) in [6, 6.07) is 16.8. The molecule has 0 unspecified atom stereocenters. The molecule has 1 saturated carbocycles. The van der Waals surface area contributed by atoms with E-state index in [2.05, 4.69) is 64.4 Å². The number of alkyl halides is 3. The van der Waals surface area contributed by atoms with Crippen molar-refractivity contribution in [3.05, 3.63) is 84.0 Å². The molecule has 236 valence electrons. The van der Waals surface area contributed by atoms with Gasteiger partial charge in [-0.1, -0.05) is 45.1 Å². The van der Waals surface area contributed by atoms with E-state index in [4.69, 9.17) is 14.7 Å². The van der Waals surface area contributed by atoms with Gasteiger partial charge in [-0.3, -0.25) is 9.98 Å². The van der Waals surface area contributed by atoms with E-state index in [0.717, 1.165) is 84.3 Å². The first-order chi connectivity index (χ1) is 21.2. The zero-order chi connectivity index (χ0) is 32.1. The van der Waals surface area contributed by atoms with Crippen molar-refractivity contribution in [1.82, 2.24) is 14.5 Å². The fourth-order valence-corrected chi connectivity index (χ4v) is 4.81. The van der Waals surface area contributed by atoms with Gasteiger partial charge in [0.1, 0.15) is 0 Å². The third-order valence-electron chi connectivity index (χ3n) is 7.34. The van der Waals surface area contributed by atoms with Crippen LogP contribution in [0.4, 0.5) is 24.5 Å². The molecule has 1 aromatic carbocycles. The Morgan fingerprint density at radius 3 is 2.41 bits per heavy atom. The molecule has 1 fully saturated rings. The summed E-state index contributed by atoms with van der Waals surface area (Å²) in [7, 11) is 1.81. The quantitative estimate of drug-likeness (QED) is 0.175. The Morgan fingerprint density at radius 2 is 1.82 bits per heavy atom. The molecule has 1 N–H and O–H groups in total. The number of fused-ring (bicyclic) bond motifs is 2. The Hall–Kier alpha value is -3.98. The fourth-order valence-electron chi connectivity index (χ4n) is 4.81. The molecule has 0 saturated heterocycles. The van der Waals surface area contributed by atoms with Crippen LogP contribution in [0.5, 0.6) is 0 Å². The molecule has 3 aliphatic rings. The number of aromatic nitrogens is 3. The van der Waals surface area contributed by atoms with E-state index in [1.807, 2.05) is 38.2 Å². The molecule has 0 amide bonds. The number of hydrogen-bond acceptors (Lipinski definition) is 5. The molecule has 0 atom stereocenters. The number of rotatable bonds is 6. The van der Waals surface area contributed by atoms with Crippen molar-refractivity contribution in [2.75, 3.05) is 12.4 Å². The molecule has 9 heteroatoms. The summed E-state index contributed by atoms with van der Waals surface area (Å²) < 4.78 is 41.9. The molecule has 5 rings (SSSR count). The maximum atomic E-state index is 11.4. The van der Waals surface area contributed by atoms with Gasteiger partial charge in [-0.2, -0.15) is 13.2 Å². The zero-order valence-corrected chi connectivity index (χ0v) is 26.5. The van der Waals surface area contributed by atoms with Crippen LogP contribution >= 0.6 is 0 Å². The van der Waals surface area contributed by atoms with Gasteiger partial charge in [-0.25, -0.2) is 4.98 Å². The SMILES string of the molecule is C/C=C(\C)C(F)(F)F.CC.CC/C=C/n1c2cc(=NC3CCC(OC)CC3)c(Nc3cccnc3)cc-2nc2ccccc21. The molecule has 0 bridgehead atoms. The van der Waals surface area contributed by atoms with Crippen LogP contribution in [0.2, 0.25) is 0 Å². The van der Waals surface area contributed by atoms with Gasteiger partial charge in [0.05, 0.1) is 57.5 Å². The minimum atomic E-state index is -4.13. The molecule has 0 radical (unpaired) electrons. The molecule has 2 heterocycles. The number of benzene rings is 2. The first kappa shape index (κ1) is 34.5. The summed E-state index contributed by atoms with van der Waals surface area (Å²) in [5.41, 5.74) is 5.35. The van der Waals surface area contributed by atoms with Crippen molar-refractivity contribution in [3.63, 3.8) is 0 Å². The zero-order valence-electron chi connectivity index (χ0n) is 26.5. The second-order valence-corrected chi connectivity index (χ2v) is 10.3. The normalized spacial score (nSPS) is 17.7. The van der Waals surface area contributed by atoms with E-state index in [9.17, 15) is 13.2 Å². The van der Waals surface area contributed by atoms with Crippen molar-refractivity contribution >= 4 is 28.6 Å². The largest absolute Gasteiger partial charge is 0.412 e. The average molecular weight is 608 g/mol. The van der Waals surface area contributed by atoms with Gasteiger partial charge in [-0.05, 0) is 82.3 Å². The number of halogens is 3. The molecule has 2 aromatic rings. The van der Waals surface area contributed by atoms with Crippen LogP contribution in [0.1, 0.15) is 66.7 Å². The molecule has 1 aromatic heterocycles. The van der Waals surface area contributed by atoms with Crippen LogP contribution in [0.15, 0.2) is 83.6 Å². The Kier molecular flexibility index (Phi) is 13.1. The molecule has 6 nitrogen and oxygen atoms in total. The Labute approximate surface area is 258 Å². The third-order valence-corrected chi connectivity index (χ3v) is 7.34. The second kappa shape index (κ2) is 16.8. The maximum Gasteiger partial charge on any atom is 0.412 e. The van der Waals surface area contributed by atoms with Gasteiger partial charge in [0.25, 0.3) is 0 Å². The number of nitrogens with one attached hydrogen (secondary N) is 1. The first-order valence-electron chi connectivity index (χ1n) is 15.3. The number of hydrogen-bond donors (Lipinski definition) is 1. The van der Waals surface area contributed by atoms with Crippen molar-refractivity contribution in [3.8, 4) is 11.4 Å². The van der Waals surface area contributed by atoms with Gasteiger partial charge in [-0.15, -0.1) is 0 Å². The van der Waals surface area contributed by atoms with Crippen LogP contribution in [-0.2, 0) is 4.74 Å². The second-order valence-electron chi connectivity index (χ2n) is 10.3. The van der Waals surface area contributed by atoms with Crippen molar-refractivity contribution in [2.45, 2.75) is 85.0 Å². The Balaban J connectivity index is 0.000000462. The number of pyridine rings is 1. The van der Waals surface area contributed by atoms with Crippen molar-refractivity contribution < 1.29 is 17.9 Å². The fraction of sp³-hybridized carbons (Fsp3) is 0.400. The number of para-hydroxylation sites is 2. The lowest BCUT2D eigenvalue weighted by Crippen LogP contribution is -2.25. The lowest BCUT2D eigenvalue weighted by atomic mass is 9.93. The van der Waals surface area contributed by atoms with E-state index in [0.29, 0.717) is 6.10 Å². The summed E-state index contributed by atoms with van der Waals surface area (Å²) in [4.78, 5) is 14.5. The first-order valence-corrected chi connectivity index (χ1v) is 15.3. The highest BCUT2D eigenvalue weighted by atomic mass is 19.4. The van der Waals surface area contributed by atoms with E-state index in [1.165, 1.54) is 6.92 Å². The minimum absolute atomic E-state index is 0.284. The Morgan fingerprint density at radius 1 is 1.09 bits per heavy atom. The van der Waals surface area contributed by atoms with E-state index < -0.39 is 11.7 Å². The summed E-state index contributed by atoms with van der Waals surface area (Å²) in [5, 5.41) is 4.49. The highest BCUT2D eigenvalue weighted by Crippen LogP contribution is 2.29. The summed E-state index contributed by atoms with van der Waals surface area (Å²) in [5.74, 6) is 0. The van der Waals surface area contributed by atoms with Crippen molar-refractivity contribution in [2.24, 2.45) is 4.99 Å². The lowest BCUT2D eigenvalue weighted by Gasteiger charge is -2.25. The van der Waals surface area contributed by atoms with Crippen LogP contribution in [0.25, 0.3) is 28.6 Å². The topological polar surface area (TPSA) is 64.3 Å². The third kappa shape index (κ3) is 9.26. The minimum Gasteiger partial charge on any atom is -0.381 e. The highest BCUT2D eigenvalue weighted by molar-refractivity contribution is 5.84. The standard InChI is InChI=1S/C28H31N5O.C5H7F3.C2H6/c1-3-4-16-33-27-10-6-5-9-23(27)32-26-17-24(31-21-8-7-15-29-19-21)25(18-28(26)33)30-20-11-13-22(34-2)14-12-20;1-3-4(2)5(6,7)8;1-2/h4-10,15-20,22,31H,3,11-14H2,1-2H3;3H,1-2H3;1-2H3/b16-4+,30-25?;4-3+;. The monoisotopic (exact) mass is 607 g/mol. The van der Waals surface area contributed by atoms with E-state index >= 15 is 0 Å². The predicted octanol–water partition coefficient (Wildman–Crippen LogP) is 9.56. The number of methoxy groups -OCH3 is 1. The average Bonchev–Trinajstić information content (AvgIpc) is 3.04. The number of ether oxygens (including phenoxy) is 1. The molecule has 44 heavy (non-hydrogen) atoms. The molecule has 1 aliphatic heterocycles. The van der Waals surface area contributed by atoms with Gasteiger partial charge < -0.3 is 14.6 Å². The van der Waals surface area contributed by atoms with Crippen LogP contribution in [-0.4, -0.2) is 40.0 Å². The summed E-state index contributed by atoms with van der Waals surface area (Å²) >= 11 is 0. The van der Waals surface area contributed by atoms with Crippen molar-refractivity contribution in [1.29, 1.82) is 0 Å². The maximum absolute atomic E-state index is 11.4. The molecular formula is C35H44F3N5O. The van der Waals surface area contributed by atoms with E-state index in [1.54, 1.807) is 13.3 Å². The smallest absolute Gasteiger partial charge is 0.381 e. The summed E-state index contributed by atoms with van der Waals surface area (Å²) in [6.45, 7) is 8.55. The lowest BCUT2D eigenvalue weighted by molar-refractivity contribution is -0.0914. The number of nitrogens with zero attached hydrogens (tertiary/aromatic N) is 4. The van der Waals surface area contributed by atoms with Gasteiger partial charge >= 0.3 is 6.18 Å². The number of allylic oxidation sites excluding steroid dienone is 3. The predicted molar refractivity (Wildman–Crippen MR) is 175 cm³/mol. The molecule has 0 spiro atoms. The molecular weight excluding hydrogens is 563 g/mol. The van der Waals surface area contributed by atoms with Gasteiger partial charge in [0, 0.05) is 25.1 Å². The van der Waals surface area contributed by atoms with Gasteiger partial charge in [0.15, 0.2) is 0 Å². The molecule has 2 aliphatic carbocycles. The van der Waals surface area contributed by atoms with Crippen LogP contribution in [0, 0.1) is 0 Å². The van der Waals surface area contributed by atoms with E-state index in [-0.39, 0.29) is 6.04 Å².